The molecule has 5 N–H and O–H groups in total. The monoisotopic (exact) mass is 507 g/mol. The van der Waals surface area contributed by atoms with Crippen LogP contribution in [0.5, 0.6) is 11.5 Å². The minimum absolute atomic E-state index is 0.0645. The molecule has 1 amide bonds. The standard InChI is InChI=1S/C25H32F3N5O3/c1-15(2)33(19-5-4-6-21(35)23(19)25(26,27)28)14-22(36)31-18-13-16(7-8-20(18)34)24(29)30-17-9-11-32(3)12-10-17/h4-8,13,15,17,34-35H,9-12,14H2,1-3H3,(H2,29,30)(H,31,36). The molecule has 1 aliphatic heterocycles. The van der Waals surface area contributed by atoms with Crippen LogP contribution in [0, 0.1) is 0 Å². The Labute approximate surface area is 208 Å². The second-order valence-corrected chi connectivity index (χ2v) is 9.22. The van der Waals surface area contributed by atoms with E-state index < -0.39 is 36.0 Å². The van der Waals surface area contributed by atoms with Crippen LogP contribution in [0.25, 0.3) is 0 Å². The normalized spacial score (nSPS) is 15.8. The molecule has 11 heteroatoms. The lowest BCUT2D eigenvalue weighted by Crippen LogP contribution is -2.39. The first-order valence-electron chi connectivity index (χ1n) is 11.7. The van der Waals surface area contributed by atoms with Gasteiger partial charge in [0.25, 0.3) is 0 Å². The predicted molar refractivity (Wildman–Crippen MR) is 134 cm³/mol. The SMILES string of the molecule is CC(C)N(CC(=O)Nc1cc(C(N)=NC2CCN(C)CC2)ccc1O)c1cccc(O)c1C(F)(F)F. The summed E-state index contributed by atoms with van der Waals surface area (Å²) in [6.07, 6.45) is -3.07. The van der Waals surface area contributed by atoms with Gasteiger partial charge in [-0.1, -0.05) is 6.07 Å². The Hall–Kier alpha value is -3.47. The maximum absolute atomic E-state index is 13.6. The number of likely N-dealkylation sites (tertiary alicyclic amines) is 1. The van der Waals surface area contributed by atoms with Crippen LogP contribution in [0.2, 0.25) is 0 Å². The van der Waals surface area contributed by atoms with E-state index in [1.54, 1.807) is 19.9 Å². The van der Waals surface area contributed by atoms with Gasteiger partial charge >= 0.3 is 6.18 Å². The van der Waals surface area contributed by atoms with Crippen LogP contribution in [0.15, 0.2) is 41.4 Å². The number of carbonyl (C=O) groups excluding carboxylic acids is 1. The fourth-order valence-electron chi connectivity index (χ4n) is 4.14. The number of carbonyl (C=O) groups is 1. The smallest absolute Gasteiger partial charge is 0.421 e. The summed E-state index contributed by atoms with van der Waals surface area (Å²) in [6.45, 7) is 4.65. The van der Waals surface area contributed by atoms with Crippen molar-refractivity contribution in [3.05, 3.63) is 47.5 Å². The average molecular weight is 508 g/mol. The molecule has 0 radical (unpaired) electrons. The molecule has 0 atom stereocenters. The number of phenols is 2. The lowest BCUT2D eigenvalue weighted by Gasteiger charge is -2.31. The maximum Gasteiger partial charge on any atom is 0.421 e. The highest BCUT2D eigenvalue weighted by molar-refractivity contribution is 6.01. The van der Waals surface area contributed by atoms with Crippen LogP contribution in [0.3, 0.4) is 0 Å². The van der Waals surface area contributed by atoms with Crippen LogP contribution in [0.1, 0.15) is 37.8 Å². The number of nitrogens with two attached hydrogens (primary N) is 1. The molecule has 0 saturated carbocycles. The summed E-state index contributed by atoms with van der Waals surface area (Å²) in [7, 11) is 2.04. The quantitative estimate of drug-likeness (QED) is 0.258. The van der Waals surface area contributed by atoms with Crippen LogP contribution < -0.4 is 16.0 Å². The summed E-state index contributed by atoms with van der Waals surface area (Å²) in [5.41, 5.74) is 5.22. The van der Waals surface area contributed by atoms with Gasteiger partial charge in [-0.05, 0) is 77.2 Å². The first-order valence-corrected chi connectivity index (χ1v) is 11.7. The molecule has 0 unspecified atom stereocenters. The summed E-state index contributed by atoms with van der Waals surface area (Å²) < 4.78 is 40.9. The van der Waals surface area contributed by atoms with Crippen molar-refractivity contribution in [3.8, 4) is 11.5 Å². The van der Waals surface area contributed by atoms with Crippen molar-refractivity contribution in [2.24, 2.45) is 10.7 Å². The predicted octanol–water partition coefficient (Wildman–Crippen LogP) is 3.77. The van der Waals surface area contributed by atoms with Crippen molar-refractivity contribution in [1.29, 1.82) is 0 Å². The number of piperidine rings is 1. The third-order valence-electron chi connectivity index (χ3n) is 6.13. The zero-order valence-electron chi connectivity index (χ0n) is 20.5. The van der Waals surface area contributed by atoms with Gasteiger partial charge in [0.15, 0.2) is 0 Å². The zero-order valence-corrected chi connectivity index (χ0v) is 20.5. The molecule has 2 aromatic rings. The summed E-state index contributed by atoms with van der Waals surface area (Å²) in [6, 6.07) is 7.46. The number of hydrogen-bond donors (Lipinski definition) is 4. The summed E-state index contributed by atoms with van der Waals surface area (Å²) >= 11 is 0. The number of benzene rings is 2. The minimum Gasteiger partial charge on any atom is -0.507 e. The van der Waals surface area contributed by atoms with Gasteiger partial charge in [0.2, 0.25) is 5.91 Å². The molecule has 1 heterocycles. The Morgan fingerprint density at radius 1 is 1.19 bits per heavy atom. The Kier molecular flexibility index (Phi) is 8.34. The summed E-state index contributed by atoms with van der Waals surface area (Å²) in [5, 5.41) is 22.7. The second-order valence-electron chi connectivity index (χ2n) is 9.22. The molecule has 2 aromatic carbocycles. The number of nitrogens with zero attached hydrogens (tertiary/aromatic N) is 3. The summed E-state index contributed by atoms with van der Waals surface area (Å²) in [4.78, 5) is 20.9. The third kappa shape index (κ3) is 6.60. The third-order valence-corrected chi connectivity index (χ3v) is 6.13. The number of hydrogen-bond acceptors (Lipinski definition) is 6. The number of rotatable bonds is 7. The van der Waals surface area contributed by atoms with Gasteiger partial charge in [-0.2, -0.15) is 13.2 Å². The molecule has 8 nitrogen and oxygen atoms in total. The highest BCUT2D eigenvalue weighted by atomic mass is 19.4. The number of amidine groups is 1. The van der Waals surface area contributed by atoms with Gasteiger partial charge in [0.05, 0.1) is 24.0 Å². The van der Waals surface area contributed by atoms with Crippen molar-refractivity contribution >= 4 is 23.1 Å². The number of alkyl halides is 3. The molecule has 0 aliphatic carbocycles. The molecule has 3 rings (SSSR count). The van der Waals surface area contributed by atoms with Crippen molar-refractivity contribution in [3.63, 3.8) is 0 Å². The van der Waals surface area contributed by atoms with Crippen LogP contribution >= 0.6 is 0 Å². The molecule has 0 bridgehead atoms. The largest absolute Gasteiger partial charge is 0.507 e. The van der Waals surface area contributed by atoms with E-state index in [0.717, 1.165) is 32.0 Å². The molecule has 196 valence electrons. The Morgan fingerprint density at radius 3 is 2.47 bits per heavy atom. The molecule has 0 spiro atoms. The molecule has 1 saturated heterocycles. The number of anilines is 2. The van der Waals surface area contributed by atoms with E-state index >= 15 is 0 Å². The van der Waals surface area contributed by atoms with Crippen molar-refractivity contribution in [1.82, 2.24) is 4.90 Å². The van der Waals surface area contributed by atoms with Gasteiger partial charge < -0.3 is 31.1 Å². The number of amides is 1. The molecular formula is C25H32F3N5O3. The summed E-state index contributed by atoms with van der Waals surface area (Å²) in [5.74, 6) is -1.52. The van der Waals surface area contributed by atoms with Gasteiger partial charge in [0.1, 0.15) is 22.9 Å². The van der Waals surface area contributed by atoms with Crippen molar-refractivity contribution in [2.45, 2.75) is 44.9 Å². The first-order chi connectivity index (χ1) is 16.9. The lowest BCUT2D eigenvalue weighted by atomic mass is 10.1. The number of aliphatic imine (C=N–C) groups is 1. The Morgan fingerprint density at radius 2 is 1.86 bits per heavy atom. The van der Waals surface area contributed by atoms with Crippen molar-refractivity contribution in [2.75, 3.05) is 36.9 Å². The van der Waals surface area contributed by atoms with E-state index in [2.05, 4.69) is 15.2 Å². The molecule has 36 heavy (non-hydrogen) atoms. The second kappa shape index (κ2) is 11.1. The number of aromatic hydroxyl groups is 2. The fourth-order valence-corrected chi connectivity index (χ4v) is 4.14. The van der Waals surface area contributed by atoms with E-state index in [0.29, 0.717) is 5.56 Å². The van der Waals surface area contributed by atoms with Crippen LogP contribution in [-0.4, -0.2) is 65.6 Å². The van der Waals surface area contributed by atoms with E-state index in [1.165, 1.54) is 29.2 Å². The Balaban J connectivity index is 1.80. The average Bonchev–Trinajstić information content (AvgIpc) is 2.79. The Bertz CT molecular complexity index is 1110. The van der Waals surface area contributed by atoms with Gasteiger partial charge in [-0.15, -0.1) is 0 Å². The van der Waals surface area contributed by atoms with Gasteiger partial charge in [-0.3, -0.25) is 9.79 Å². The van der Waals surface area contributed by atoms with E-state index in [1.807, 2.05) is 7.05 Å². The highest BCUT2D eigenvalue weighted by Crippen LogP contribution is 2.42. The molecule has 1 fully saturated rings. The van der Waals surface area contributed by atoms with Gasteiger partial charge in [-0.25, -0.2) is 0 Å². The van der Waals surface area contributed by atoms with Crippen LogP contribution in [-0.2, 0) is 11.0 Å². The van der Waals surface area contributed by atoms with Gasteiger partial charge in [0, 0.05) is 11.6 Å². The lowest BCUT2D eigenvalue weighted by molar-refractivity contribution is -0.138. The van der Waals surface area contributed by atoms with E-state index in [4.69, 9.17) is 5.73 Å². The zero-order chi connectivity index (χ0) is 26.6. The molecule has 1 aliphatic rings. The number of nitrogens with one attached hydrogen (secondary N) is 1. The van der Waals surface area contributed by atoms with E-state index in [9.17, 15) is 28.2 Å². The molecule has 0 aromatic heterocycles. The number of halogens is 3. The first kappa shape index (κ1) is 27.1. The minimum atomic E-state index is -4.82. The molecular weight excluding hydrogens is 475 g/mol. The number of phenolic OH excluding ortho intramolecular Hbond substituents is 2. The van der Waals surface area contributed by atoms with E-state index in [-0.39, 0.29) is 29.0 Å². The fraction of sp³-hybridized carbons (Fsp3) is 0.440. The van der Waals surface area contributed by atoms with Crippen LogP contribution in [0.4, 0.5) is 24.5 Å². The topological polar surface area (TPSA) is 114 Å². The van der Waals surface area contributed by atoms with Crippen molar-refractivity contribution < 1.29 is 28.2 Å². The highest BCUT2D eigenvalue weighted by Gasteiger charge is 2.38. The maximum atomic E-state index is 13.6.